The molecule has 1 aromatic rings. The Morgan fingerprint density at radius 1 is 1.05 bits per heavy atom. The van der Waals surface area contributed by atoms with E-state index in [4.69, 9.17) is 9.16 Å². The van der Waals surface area contributed by atoms with E-state index in [9.17, 15) is 0 Å². The van der Waals surface area contributed by atoms with Crippen LogP contribution in [0.4, 0.5) is 0 Å². The van der Waals surface area contributed by atoms with Crippen molar-refractivity contribution in [1.82, 2.24) is 0 Å². The molecule has 0 heterocycles. The average molecular weight is 267 g/mol. The molecule has 0 saturated carbocycles. The highest BCUT2D eigenvalue weighted by Gasteiger charge is 2.12. The Balaban J connectivity index is 2.47. The maximum absolute atomic E-state index is 5.20. The van der Waals surface area contributed by atoms with Crippen molar-refractivity contribution >= 4 is 11.4 Å². The van der Waals surface area contributed by atoms with Gasteiger partial charge in [-0.05, 0) is 53.5 Å². The van der Waals surface area contributed by atoms with Gasteiger partial charge >= 0.3 is 5.78 Å². The lowest BCUT2D eigenvalue weighted by Gasteiger charge is -2.12. The molecule has 1 aliphatic carbocycles. The average Bonchev–Trinajstić information content (AvgIpc) is 2.48. The van der Waals surface area contributed by atoms with Crippen molar-refractivity contribution < 1.29 is 9.16 Å². The number of benzene rings is 1. The maximum atomic E-state index is 5.20. The van der Waals surface area contributed by atoms with Gasteiger partial charge < -0.3 is 4.74 Å². The Morgan fingerprint density at radius 3 is 2.10 bits per heavy atom. The van der Waals surface area contributed by atoms with E-state index in [2.05, 4.69) is 6.58 Å². The monoisotopic (exact) mass is 267 g/mol. The van der Waals surface area contributed by atoms with Crippen LogP contribution in [0.25, 0.3) is 5.57 Å². The van der Waals surface area contributed by atoms with Crippen LogP contribution in [0.1, 0.15) is 12.5 Å². The third-order valence-corrected chi connectivity index (χ3v) is 3.18. The van der Waals surface area contributed by atoms with Crippen molar-refractivity contribution in [2.24, 2.45) is 0 Å². The topological polar surface area (TPSA) is 20.5 Å². The summed E-state index contributed by atoms with van der Waals surface area (Å²) in [4.78, 5) is 0. The number of rotatable bonds is 3. The number of carbonyl (C=O) groups excluding carboxylic acids is 1. The Kier molecular flexibility index (Phi) is 4.36. The minimum absolute atomic E-state index is 0.851. The lowest BCUT2D eigenvalue weighted by atomic mass is 9.92. The van der Waals surface area contributed by atoms with Gasteiger partial charge in [0.05, 0.1) is 7.11 Å². The van der Waals surface area contributed by atoms with Gasteiger partial charge in [0, 0.05) is 12.2 Å². The summed E-state index contributed by atoms with van der Waals surface area (Å²) < 4.78 is 10.4. The van der Waals surface area contributed by atoms with Crippen LogP contribution >= 0.6 is 0 Å². The van der Waals surface area contributed by atoms with Crippen molar-refractivity contribution in [1.29, 1.82) is 0 Å². The van der Waals surface area contributed by atoms with Crippen LogP contribution in [0, 0.1) is 0 Å². The lowest BCUT2D eigenvalue weighted by molar-refractivity contribution is -0.417. The second kappa shape index (κ2) is 6.20. The van der Waals surface area contributed by atoms with Gasteiger partial charge in [-0.1, -0.05) is 18.7 Å². The van der Waals surface area contributed by atoms with Gasteiger partial charge in [-0.15, -0.1) is 0 Å². The molecule has 0 fully saturated rings. The molecular formula is C18H19O2+. The fourth-order valence-corrected chi connectivity index (χ4v) is 2.17. The van der Waals surface area contributed by atoms with Gasteiger partial charge in [0.25, 0.3) is 7.11 Å². The van der Waals surface area contributed by atoms with Crippen molar-refractivity contribution in [3.05, 3.63) is 71.9 Å². The quantitative estimate of drug-likeness (QED) is 0.761. The number of hydrogen-bond acceptors (Lipinski definition) is 1. The van der Waals surface area contributed by atoms with Gasteiger partial charge in [-0.3, -0.25) is 4.42 Å². The van der Waals surface area contributed by atoms with E-state index < -0.39 is 0 Å². The molecule has 0 amide bonds. The third-order valence-electron chi connectivity index (χ3n) is 3.18. The van der Waals surface area contributed by atoms with Crippen LogP contribution in [-0.4, -0.2) is 20.0 Å². The molecule has 2 nitrogen and oxygen atoms in total. The molecule has 0 bridgehead atoms. The SMILES string of the molecule is C=C(C)C(=C1C=CC(=[O+]C)C=C1)c1ccc(OC)cc1. The predicted molar refractivity (Wildman–Crippen MR) is 83.9 cm³/mol. The van der Waals surface area contributed by atoms with Crippen LogP contribution in [0.2, 0.25) is 0 Å². The van der Waals surface area contributed by atoms with E-state index in [0.717, 1.165) is 33.8 Å². The molecule has 0 atom stereocenters. The van der Waals surface area contributed by atoms with E-state index in [1.54, 1.807) is 14.2 Å². The van der Waals surface area contributed by atoms with Crippen LogP contribution in [0.3, 0.4) is 0 Å². The van der Waals surface area contributed by atoms with E-state index in [0.29, 0.717) is 0 Å². The number of ketones is 1. The van der Waals surface area contributed by atoms with Gasteiger partial charge in [-0.25, -0.2) is 0 Å². The molecule has 1 aliphatic rings. The van der Waals surface area contributed by atoms with Crippen molar-refractivity contribution in [3.63, 3.8) is 0 Å². The number of ether oxygens (including phenoxy) is 1. The van der Waals surface area contributed by atoms with Crippen molar-refractivity contribution in [3.8, 4) is 5.75 Å². The summed E-state index contributed by atoms with van der Waals surface area (Å²) in [6.45, 7) is 6.11. The minimum atomic E-state index is 0.851. The third kappa shape index (κ3) is 2.97. The molecule has 0 radical (unpaired) electrons. The normalized spacial score (nSPS) is 13.3. The molecule has 0 aromatic heterocycles. The van der Waals surface area contributed by atoms with Crippen LogP contribution < -0.4 is 4.74 Å². The van der Waals surface area contributed by atoms with Crippen molar-refractivity contribution in [2.75, 3.05) is 14.2 Å². The summed E-state index contributed by atoms with van der Waals surface area (Å²) in [7, 11) is 3.34. The molecule has 0 aliphatic heterocycles. The molecule has 20 heavy (non-hydrogen) atoms. The fraction of sp³-hybridized carbons (Fsp3) is 0.167. The zero-order valence-electron chi connectivity index (χ0n) is 12.1. The highest BCUT2D eigenvalue weighted by Crippen LogP contribution is 2.29. The fourth-order valence-electron chi connectivity index (χ4n) is 2.17. The van der Waals surface area contributed by atoms with Crippen LogP contribution in [-0.2, 0) is 4.42 Å². The number of methoxy groups -OCH3 is 1. The summed E-state index contributed by atoms with van der Waals surface area (Å²) in [6.07, 6.45) is 8.02. The standard InChI is InChI=1S/C18H19O2/c1-13(2)18(14-5-9-16(19-3)10-6-14)15-7-11-17(20-4)12-8-15/h5-12H,1H2,2-4H3/q+1. The molecular weight excluding hydrogens is 248 g/mol. The second-order valence-corrected chi connectivity index (χ2v) is 4.61. The predicted octanol–water partition coefficient (Wildman–Crippen LogP) is 3.89. The number of allylic oxidation sites excluding steroid dienone is 7. The first-order valence-corrected chi connectivity index (χ1v) is 6.47. The molecule has 0 saturated heterocycles. The van der Waals surface area contributed by atoms with E-state index >= 15 is 0 Å². The first kappa shape index (κ1) is 14.1. The molecule has 0 spiro atoms. The minimum Gasteiger partial charge on any atom is -0.497 e. The summed E-state index contributed by atoms with van der Waals surface area (Å²) in [5.41, 5.74) is 4.42. The Labute approximate surface area is 120 Å². The maximum Gasteiger partial charge on any atom is 0.343 e. The first-order valence-electron chi connectivity index (χ1n) is 6.47. The van der Waals surface area contributed by atoms with Crippen molar-refractivity contribution in [2.45, 2.75) is 6.92 Å². The zero-order chi connectivity index (χ0) is 14.5. The lowest BCUT2D eigenvalue weighted by Crippen LogP contribution is -1.98. The second-order valence-electron chi connectivity index (χ2n) is 4.61. The zero-order valence-corrected chi connectivity index (χ0v) is 12.1. The Morgan fingerprint density at radius 2 is 1.65 bits per heavy atom. The summed E-state index contributed by atoms with van der Waals surface area (Å²) in [5.74, 6) is 1.70. The van der Waals surface area contributed by atoms with Gasteiger partial charge in [0.1, 0.15) is 5.75 Å². The van der Waals surface area contributed by atoms with E-state index in [1.807, 2.05) is 55.5 Å². The molecule has 0 unspecified atom stereocenters. The molecule has 0 N–H and O–H groups in total. The van der Waals surface area contributed by atoms with Crippen LogP contribution in [0.5, 0.6) is 5.75 Å². The van der Waals surface area contributed by atoms with Crippen LogP contribution in [0.15, 0.2) is 66.3 Å². The molecule has 1 aromatic carbocycles. The summed E-state index contributed by atoms with van der Waals surface area (Å²) in [6, 6.07) is 8.02. The Bertz CT molecular complexity index is 608. The molecule has 2 heteroatoms. The van der Waals surface area contributed by atoms with Gasteiger partial charge in [0.2, 0.25) is 0 Å². The highest BCUT2D eigenvalue weighted by molar-refractivity contribution is 6.03. The summed E-state index contributed by atoms with van der Waals surface area (Å²) in [5, 5.41) is 0. The van der Waals surface area contributed by atoms with E-state index in [-0.39, 0.29) is 0 Å². The smallest absolute Gasteiger partial charge is 0.343 e. The number of hydrogen-bond donors (Lipinski definition) is 0. The van der Waals surface area contributed by atoms with Gasteiger partial charge in [-0.2, -0.15) is 0 Å². The highest BCUT2D eigenvalue weighted by atomic mass is 16.5. The largest absolute Gasteiger partial charge is 0.497 e. The van der Waals surface area contributed by atoms with Gasteiger partial charge in [0.15, 0.2) is 0 Å². The molecule has 102 valence electrons. The Hall–Kier alpha value is -2.35. The molecule has 2 rings (SSSR count). The van der Waals surface area contributed by atoms with E-state index in [1.165, 1.54) is 0 Å². The first-order chi connectivity index (χ1) is 9.65. The summed E-state index contributed by atoms with van der Waals surface area (Å²) >= 11 is 0.